The first-order valence-electron chi connectivity index (χ1n) is 7.76. The summed E-state index contributed by atoms with van der Waals surface area (Å²) in [7, 11) is 0. The van der Waals surface area contributed by atoms with Crippen LogP contribution in [0, 0.1) is 0 Å². The molecule has 1 amide bonds. The van der Waals surface area contributed by atoms with Crippen LogP contribution in [0.3, 0.4) is 0 Å². The van der Waals surface area contributed by atoms with Crippen molar-refractivity contribution in [1.29, 1.82) is 0 Å². The molecule has 1 aromatic heterocycles. The predicted octanol–water partition coefficient (Wildman–Crippen LogP) is 0.895. The minimum Gasteiger partial charge on any atom is -0.376 e. The van der Waals surface area contributed by atoms with Gasteiger partial charge in [0.05, 0.1) is 23.2 Å². The lowest BCUT2D eigenvalue weighted by Gasteiger charge is -2.32. The Hall–Kier alpha value is -1.05. The van der Waals surface area contributed by atoms with Crippen LogP contribution in [-0.4, -0.2) is 52.2 Å². The van der Waals surface area contributed by atoms with Crippen molar-refractivity contribution in [2.75, 3.05) is 19.7 Å². The van der Waals surface area contributed by atoms with Crippen molar-refractivity contribution in [2.45, 2.75) is 50.3 Å². The summed E-state index contributed by atoms with van der Waals surface area (Å²) in [5.41, 5.74) is 1.16. The van der Waals surface area contributed by atoms with Gasteiger partial charge in [-0.05, 0) is 37.2 Å². The molecule has 1 aromatic rings. The van der Waals surface area contributed by atoms with E-state index in [1.807, 2.05) is 0 Å². The lowest BCUT2D eigenvalue weighted by atomic mass is 10.1. The number of nitrogens with one attached hydrogen (secondary N) is 1. The fourth-order valence-corrected chi connectivity index (χ4v) is 4.60. The van der Waals surface area contributed by atoms with E-state index in [1.165, 1.54) is 16.4 Å². The van der Waals surface area contributed by atoms with Crippen LogP contribution in [0.1, 0.15) is 42.3 Å². The van der Waals surface area contributed by atoms with Gasteiger partial charge in [0.25, 0.3) is 0 Å². The van der Waals surface area contributed by atoms with E-state index >= 15 is 0 Å². The first kappa shape index (κ1) is 13.6. The average molecular weight is 308 g/mol. The average Bonchev–Trinajstić information content (AvgIpc) is 3.19. The lowest BCUT2D eigenvalue weighted by molar-refractivity contribution is -0.123. The molecular weight excluding hydrogens is 288 g/mol. The minimum atomic E-state index is 0.114. The van der Waals surface area contributed by atoms with Crippen LogP contribution in [0.25, 0.3) is 0 Å². The summed E-state index contributed by atoms with van der Waals surface area (Å²) in [5, 5.41) is 7.25. The molecule has 0 radical (unpaired) electrons. The van der Waals surface area contributed by atoms with E-state index in [2.05, 4.69) is 19.8 Å². The molecule has 2 bridgehead atoms. The Morgan fingerprint density at radius 3 is 3.24 bits per heavy atom. The van der Waals surface area contributed by atoms with Crippen molar-refractivity contribution < 1.29 is 9.53 Å². The molecule has 3 atom stereocenters. The smallest absolute Gasteiger partial charge is 0.234 e. The third-order valence-corrected chi connectivity index (χ3v) is 5.70. The molecule has 0 unspecified atom stereocenters. The first-order chi connectivity index (χ1) is 10.3. The Kier molecular flexibility index (Phi) is 3.64. The molecule has 0 aliphatic carbocycles. The van der Waals surface area contributed by atoms with Crippen molar-refractivity contribution in [2.24, 2.45) is 0 Å². The summed E-state index contributed by atoms with van der Waals surface area (Å²) in [6.45, 7) is 1.97. The Morgan fingerprint density at radius 1 is 1.43 bits per heavy atom. The van der Waals surface area contributed by atoms with Crippen LogP contribution in [0.4, 0.5) is 0 Å². The highest BCUT2D eigenvalue weighted by Crippen LogP contribution is 2.44. The number of ether oxygens (including phenoxy) is 1. The molecule has 0 aromatic carbocycles. The van der Waals surface area contributed by atoms with Gasteiger partial charge in [-0.15, -0.1) is 5.10 Å². The third-order valence-electron chi connectivity index (χ3n) is 4.84. The van der Waals surface area contributed by atoms with E-state index in [-0.39, 0.29) is 12.0 Å². The third kappa shape index (κ3) is 2.58. The molecule has 4 heterocycles. The largest absolute Gasteiger partial charge is 0.376 e. The summed E-state index contributed by atoms with van der Waals surface area (Å²) in [5.74, 6) is 0.114. The fraction of sp³-hybridized carbons (Fsp3) is 0.786. The molecule has 21 heavy (non-hydrogen) atoms. The number of carbonyl (C=O) groups is 1. The van der Waals surface area contributed by atoms with E-state index in [4.69, 9.17) is 4.74 Å². The highest BCUT2D eigenvalue weighted by Gasteiger charge is 2.42. The lowest BCUT2D eigenvalue weighted by Crippen LogP contribution is -2.45. The number of fused-ring (bicyclic) bond motifs is 4. The molecule has 0 saturated carbocycles. The molecule has 1 N–H and O–H groups in total. The van der Waals surface area contributed by atoms with Gasteiger partial charge in [-0.2, -0.15) is 0 Å². The number of nitrogens with zero attached hydrogens (tertiary/aromatic N) is 3. The molecule has 2 saturated heterocycles. The molecule has 0 spiro atoms. The zero-order chi connectivity index (χ0) is 14.2. The number of aromatic nitrogens is 2. The maximum absolute atomic E-state index is 12.2. The number of hydrogen-bond donors (Lipinski definition) is 1. The maximum atomic E-state index is 12.2. The van der Waals surface area contributed by atoms with E-state index < -0.39 is 0 Å². The van der Waals surface area contributed by atoms with Gasteiger partial charge >= 0.3 is 0 Å². The fourth-order valence-electron chi connectivity index (χ4n) is 3.76. The van der Waals surface area contributed by atoms with Crippen LogP contribution >= 0.6 is 11.5 Å². The standard InChI is InChI=1S/C14H20N4O2S/c19-13(15-7-10-2-1-5-20-10)8-18-9-3-4-12(18)14-11(6-9)16-17-21-14/h9-10,12H,1-8H2,(H,15,19)/t9-,10+,12-/m0/s1. The topological polar surface area (TPSA) is 67.4 Å². The van der Waals surface area contributed by atoms with Gasteiger partial charge in [0.1, 0.15) is 0 Å². The van der Waals surface area contributed by atoms with Gasteiger partial charge in [-0.25, -0.2) is 0 Å². The zero-order valence-electron chi connectivity index (χ0n) is 12.0. The molecule has 3 aliphatic rings. The van der Waals surface area contributed by atoms with Gasteiger partial charge < -0.3 is 10.1 Å². The van der Waals surface area contributed by atoms with E-state index in [0.717, 1.165) is 44.4 Å². The van der Waals surface area contributed by atoms with Crippen molar-refractivity contribution in [3.8, 4) is 0 Å². The molecular formula is C14H20N4O2S. The summed E-state index contributed by atoms with van der Waals surface area (Å²) in [6, 6.07) is 0.812. The second-order valence-electron chi connectivity index (χ2n) is 6.15. The van der Waals surface area contributed by atoms with Gasteiger partial charge in [-0.1, -0.05) is 4.49 Å². The highest BCUT2D eigenvalue weighted by atomic mass is 32.1. The van der Waals surface area contributed by atoms with E-state index in [9.17, 15) is 4.79 Å². The molecule has 6 nitrogen and oxygen atoms in total. The van der Waals surface area contributed by atoms with Crippen molar-refractivity contribution >= 4 is 17.4 Å². The zero-order valence-corrected chi connectivity index (χ0v) is 12.8. The van der Waals surface area contributed by atoms with Crippen molar-refractivity contribution in [1.82, 2.24) is 19.8 Å². The van der Waals surface area contributed by atoms with E-state index in [1.54, 1.807) is 0 Å². The Bertz CT molecular complexity index is 529. The van der Waals surface area contributed by atoms with Crippen LogP contribution < -0.4 is 5.32 Å². The van der Waals surface area contributed by atoms with Crippen LogP contribution in [0.15, 0.2) is 0 Å². The molecule has 4 rings (SSSR count). The molecule has 7 heteroatoms. The van der Waals surface area contributed by atoms with Crippen LogP contribution in [0.2, 0.25) is 0 Å². The maximum Gasteiger partial charge on any atom is 0.234 e. The molecule has 2 fully saturated rings. The first-order valence-corrected chi connectivity index (χ1v) is 8.54. The minimum absolute atomic E-state index is 0.114. The summed E-state index contributed by atoms with van der Waals surface area (Å²) < 4.78 is 9.61. The highest BCUT2D eigenvalue weighted by molar-refractivity contribution is 7.05. The summed E-state index contributed by atoms with van der Waals surface area (Å²) >= 11 is 1.49. The monoisotopic (exact) mass is 308 g/mol. The van der Waals surface area contributed by atoms with Crippen LogP contribution in [0.5, 0.6) is 0 Å². The molecule has 114 valence electrons. The Morgan fingerprint density at radius 2 is 2.38 bits per heavy atom. The summed E-state index contributed by atoms with van der Waals surface area (Å²) in [4.78, 5) is 15.8. The number of amides is 1. The second kappa shape index (κ2) is 5.62. The number of carbonyl (C=O) groups excluding carboxylic acids is 1. The predicted molar refractivity (Wildman–Crippen MR) is 78.1 cm³/mol. The quantitative estimate of drug-likeness (QED) is 0.895. The normalized spacial score (nSPS) is 31.3. The molecule has 3 aliphatic heterocycles. The van der Waals surface area contributed by atoms with Gasteiger partial charge in [0, 0.05) is 31.7 Å². The number of rotatable bonds is 4. The van der Waals surface area contributed by atoms with Crippen LogP contribution in [-0.2, 0) is 16.0 Å². The Balaban J connectivity index is 1.36. The SMILES string of the molecule is O=C(CN1[C@H]2CC[C@H]1c1snnc1C2)NC[C@H]1CCCO1. The van der Waals surface area contributed by atoms with Gasteiger partial charge in [0.15, 0.2) is 0 Å². The van der Waals surface area contributed by atoms with Gasteiger partial charge in [-0.3, -0.25) is 9.69 Å². The second-order valence-corrected chi connectivity index (χ2v) is 6.93. The van der Waals surface area contributed by atoms with Crippen molar-refractivity contribution in [3.05, 3.63) is 10.6 Å². The van der Waals surface area contributed by atoms with Crippen molar-refractivity contribution in [3.63, 3.8) is 0 Å². The summed E-state index contributed by atoms with van der Waals surface area (Å²) in [6.07, 6.45) is 5.61. The van der Waals surface area contributed by atoms with E-state index in [0.29, 0.717) is 25.2 Å². The Labute approximate surface area is 128 Å². The number of hydrogen-bond acceptors (Lipinski definition) is 6. The van der Waals surface area contributed by atoms with Gasteiger partial charge in [0.2, 0.25) is 5.91 Å².